The number of likely N-dealkylation sites (tertiary alicyclic amines) is 1. The second kappa shape index (κ2) is 9.12. The number of anilines is 1. The molecule has 8 nitrogen and oxygen atoms in total. The number of carbonyl (C=O) groups excluding carboxylic acids is 2. The number of nitrogens with zero attached hydrogens (tertiary/aromatic N) is 3. The predicted molar refractivity (Wildman–Crippen MR) is 99.8 cm³/mol. The molecule has 2 amide bonds. The largest absolute Gasteiger partial charge is 0.481 e. The standard InChI is InChI=1S/C19H22FN5O3/c1-28-16-8-9-21-19(22-16)24-23-18(27)14-3-2-10-25(12-14)17(26)11-13-4-6-15(20)7-5-13/h4-9,14H,2-3,10-12H2,1H3,(H,23,27)(H,21,22,24). The average Bonchev–Trinajstić information content (AvgIpc) is 2.74. The number of hydrogen-bond donors (Lipinski definition) is 2. The van der Waals surface area contributed by atoms with Crippen molar-refractivity contribution in [3.8, 4) is 5.88 Å². The van der Waals surface area contributed by atoms with Gasteiger partial charge in [0.1, 0.15) is 5.82 Å². The second-order valence-corrected chi connectivity index (χ2v) is 6.52. The predicted octanol–water partition coefficient (Wildman–Crippen LogP) is 1.55. The summed E-state index contributed by atoms with van der Waals surface area (Å²) in [5.74, 6) is -0.379. The first kappa shape index (κ1) is 19.5. The Bertz CT molecular complexity index is 831. The van der Waals surface area contributed by atoms with Gasteiger partial charge in [0, 0.05) is 25.4 Å². The quantitative estimate of drug-likeness (QED) is 0.730. The molecule has 1 aromatic carbocycles. The molecule has 3 rings (SSSR count). The highest BCUT2D eigenvalue weighted by atomic mass is 19.1. The fourth-order valence-corrected chi connectivity index (χ4v) is 3.04. The molecular weight excluding hydrogens is 365 g/mol. The Morgan fingerprint density at radius 1 is 1.29 bits per heavy atom. The Morgan fingerprint density at radius 3 is 2.82 bits per heavy atom. The third-order valence-corrected chi connectivity index (χ3v) is 4.55. The van der Waals surface area contributed by atoms with Crippen LogP contribution >= 0.6 is 0 Å². The van der Waals surface area contributed by atoms with Crippen molar-refractivity contribution in [1.82, 2.24) is 20.3 Å². The van der Waals surface area contributed by atoms with Gasteiger partial charge < -0.3 is 9.64 Å². The van der Waals surface area contributed by atoms with E-state index in [0.717, 1.165) is 12.0 Å². The van der Waals surface area contributed by atoms with E-state index in [1.807, 2.05) is 0 Å². The van der Waals surface area contributed by atoms with Gasteiger partial charge in [-0.1, -0.05) is 12.1 Å². The maximum Gasteiger partial charge on any atom is 0.245 e. The van der Waals surface area contributed by atoms with Crippen LogP contribution in [0, 0.1) is 11.7 Å². The summed E-state index contributed by atoms with van der Waals surface area (Å²) in [6.07, 6.45) is 3.12. The molecule has 1 aliphatic rings. The molecule has 1 atom stereocenters. The van der Waals surface area contributed by atoms with Gasteiger partial charge in [0.25, 0.3) is 0 Å². The van der Waals surface area contributed by atoms with E-state index in [-0.39, 0.29) is 35.9 Å². The van der Waals surface area contributed by atoms with Gasteiger partial charge in [0.2, 0.25) is 23.6 Å². The van der Waals surface area contributed by atoms with E-state index >= 15 is 0 Å². The Labute approximate surface area is 162 Å². The number of methoxy groups -OCH3 is 1. The third-order valence-electron chi connectivity index (χ3n) is 4.55. The first-order valence-corrected chi connectivity index (χ1v) is 9.00. The van der Waals surface area contributed by atoms with Gasteiger partial charge in [0.15, 0.2) is 0 Å². The number of hydrogen-bond acceptors (Lipinski definition) is 6. The molecule has 28 heavy (non-hydrogen) atoms. The van der Waals surface area contributed by atoms with Crippen molar-refractivity contribution in [3.05, 3.63) is 47.9 Å². The molecule has 2 heterocycles. The van der Waals surface area contributed by atoms with Crippen molar-refractivity contribution in [2.24, 2.45) is 5.92 Å². The third kappa shape index (κ3) is 5.15. The Morgan fingerprint density at radius 2 is 2.07 bits per heavy atom. The number of rotatable bonds is 6. The van der Waals surface area contributed by atoms with Crippen LogP contribution in [0.15, 0.2) is 36.5 Å². The molecule has 2 aromatic rings. The summed E-state index contributed by atoms with van der Waals surface area (Å²) in [6, 6.07) is 7.46. The van der Waals surface area contributed by atoms with E-state index in [9.17, 15) is 14.0 Å². The number of halogens is 1. The van der Waals surface area contributed by atoms with Crippen LogP contribution in [0.1, 0.15) is 18.4 Å². The Hall–Kier alpha value is -3.23. The summed E-state index contributed by atoms with van der Waals surface area (Å²) in [6.45, 7) is 0.947. The lowest BCUT2D eigenvalue weighted by atomic mass is 9.97. The molecule has 1 aliphatic heterocycles. The summed E-state index contributed by atoms with van der Waals surface area (Å²) >= 11 is 0. The highest BCUT2D eigenvalue weighted by molar-refractivity contribution is 5.82. The van der Waals surface area contributed by atoms with E-state index in [4.69, 9.17) is 4.74 Å². The lowest BCUT2D eigenvalue weighted by molar-refractivity contribution is -0.135. The monoisotopic (exact) mass is 387 g/mol. The highest BCUT2D eigenvalue weighted by Gasteiger charge is 2.28. The molecular formula is C19H22FN5O3. The average molecular weight is 387 g/mol. The second-order valence-electron chi connectivity index (χ2n) is 6.52. The lowest BCUT2D eigenvalue weighted by Gasteiger charge is -2.32. The summed E-state index contributed by atoms with van der Waals surface area (Å²) in [5, 5.41) is 0. The lowest BCUT2D eigenvalue weighted by Crippen LogP contribution is -2.47. The number of carbonyl (C=O) groups is 2. The zero-order valence-corrected chi connectivity index (χ0v) is 15.5. The van der Waals surface area contributed by atoms with Crippen molar-refractivity contribution < 1.29 is 18.7 Å². The first-order valence-electron chi connectivity index (χ1n) is 9.00. The van der Waals surface area contributed by atoms with Crippen molar-refractivity contribution >= 4 is 17.8 Å². The summed E-state index contributed by atoms with van der Waals surface area (Å²) in [4.78, 5) is 34.7. The molecule has 1 saturated heterocycles. The van der Waals surface area contributed by atoms with Crippen LogP contribution in [0.4, 0.5) is 10.3 Å². The van der Waals surface area contributed by atoms with Crippen LogP contribution in [0.5, 0.6) is 5.88 Å². The molecule has 1 unspecified atom stereocenters. The van der Waals surface area contributed by atoms with E-state index in [2.05, 4.69) is 20.8 Å². The molecule has 9 heteroatoms. The number of aromatic nitrogens is 2. The van der Waals surface area contributed by atoms with Crippen LogP contribution in [-0.4, -0.2) is 46.9 Å². The van der Waals surface area contributed by atoms with Gasteiger partial charge in [-0.05, 0) is 30.5 Å². The fourth-order valence-electron chi connectivity index (χ4n) is 3.04. The summed E-state index contributed by atoms with van der Waals surface area (Å²) < 4.78 is 18.0. The molecule has 1 fully saturated rings. The van der Waals surface area contributed by atoms with Crippen LogP contribution < -0.4 is 15.6 Å². The molecule has 0 bridgehead atoms. The van der Waals surface area contributed by atoms with Crippen LogP contribution in [0.3, 0.4) is 0 Å². The number of nitrogens with one attached hydrogen (secondary N) is 2. The smallest absolute Gasteiger partial charge is 0.245 e. The maximum atomic E-state index is 13.0. The van der Waals surface area contributed by atoms with Gasteiger partial charge in [-0.3, -0.25) is 20.4 Å². The number of amides is 2. The SMILES string of the molecule is COc1ccnc(NNC(=O)C2CCCN(C(=O)Cc3ccc(F)cc3)C2)n1. The molecule has 0 radical (unpaired) electrons. The zero-order chi connectivity index (χ0) is 19.9. The number of benzene rings is 1. The summed E-state index contributed by atoms with van der Waals surface area (Å²) in [7, 11) is 1.49. The Kier molecular flexibility index (Phi) is 6.36. The fraction of sp³-hybridized carbons (Fsp3) is 0.368. The van der Waals surface area contributed by atoms with Crippen LogP contribution in [-0.2, 0) is 16.0 Å². The van der Waals surface area contributed by atoms with Crippen LogP contribution in [0.25, 0.3) is 0 Å². The normalized spacial score (nSPS) is 16.4. The number of hydrazine groups is 1. The molecule has 148 valence electrons. The van der Waals surface area contributed by atoms with Crippen molar-refractivity contribution in [3.63, 3.8) is 0 Å². The minimum Gasteiger partial charge on any atom is -0.481 e. The molecule has 0 aliphatic carbocycles. The van der Waals surface area contributed by atoms with E-state index < -0.39 is 0 Å². The highest BCUT2D eigenvalue weighted by Crippen LogP contribution is 2.18. The molecule has 2 N–H and O–H groups in total. The summed E-state index contributed by atoms with van der Waals surface area (Å²) in [5.41, 5.74) is 6.00. The minimum atomic E-state index is -0.335. The van der Waals surface area contributed by atoms with Gasteiger partial charge in [-0.2, -0.15) is 4.98 Å². The van der Waals surface area contributed by atoms with Crippen molar-refractivity contribution in [2.75, 3.05) is 25.6 Å². The number of piperidine rings is 1. The van der Waals surface area contributed by atoms with E-state index in [1.165, 1.54) is 25.4 Å². The Balaban J connectivity index is 1.52. The van der Waals surface area contributed by atoms with Crippen molar-refractivity contribution in [1.29, 1.82) is 0 Å². The molecule has 0 spiro atoms. The van der Waals surface area contributed by atoms with Gasteiger partial charge in [-0.15, -0.1) is 0 Å². The minimum absolute atomic E-state index is 0.0757. The topological polar surface area (TPSA) is 96.5 Å². The van der Waals surface area contributed by atoms with Crippen LogP contribution in [0.2, 0.25) is 0 Å². The van der Waals surface area contributed by atoms with E-state index in [0.29, 0.717) is 25.4 Å². The van der Waals surface area contributed by atoms with Gasteiger partial charge in [0.05, 0.1) is 19.4 Å². The zero-order valence-electron chi connectivity index (χ0n) is 15.5. The van der Waals surface area contributed by atoms with E-state index in [1.54, 1.807) is 23.1 Å². The molecule has 0 saturated carbocycles. The molecule has 1 aromatic heterocycles. The van der Waals surface area contributed by atoms with Crippen molar-refractivity contribution in [2.45, 2.75) is 19.3 Å². The van der Waals surface area contributed by atoms with Gasteiger partial charge >= 0.3 is 0 Å². The number of ether oxygens (including phenoxy) is 1. The first-order chi connectivity index (χ1) is 13.5. The van der Waals surface area contributed by atoms with Gasteiger partial charge in [-0.25, -0.2) is 9.37 Å². The maximum absolute atomic E-state index is 13.0.